The van der Waals surface area contributed by atoms with Gasteiger partial charge in [-0.15, -0.1) is 0 Å². The van der Waals surface area contributed by atoms with Crippen LogP contribution < -0.4 is 5.32 Å². The van der Waals surface area contributed by atoms with Crippen LogP contribution in [0.4, 0.5) is 0 Å². The summed E-state index contributed by atoms with van der Waals surface area (Å²) >= 11 is 0. The van der Waals surface area contributed by atoms with Crippen LogP contribution in [0.15, 0.2) is 12.4 Å². The monoisotopic (exact) mass is 197 g/mol. The van der Waals surface area contributed by atoms with Gasteiger partial charge in [-0.2, -0.15) is 0 Å². The lowest BCUT2D eigenvalue weighted by Crippen LogP contribution is -2.39. The summed E-state index contributed by atoms with van der Waals surface area (Å²) in [6, 6.07) is 0. The van der Waals surface area contributed by atoms with Gasteiger partial charge in [0.1, 0.15) is 5.82 Å². The van der Waals surface area contributed by atoms with E-state index in [0.29, 0.717) is 13.0 Å². The molecule has 1 aromatic heterocycles. The van der Waals surface area contributed by atoms with Crippen molar-refractivity contribution >= 4 is 0 Å². The van der Waals surface area contributed by atoms with Crippen molar-refractivity contribution in [2.24, 2.45) is 0 Å². The van der Waals surface area contributed by atoms with Crippen LogP contribution in [0.2, 0.25) is 0 Å². The molecule has 1 unspecified atom stereocenters. The van der Waals surface area contributed by atoms with Crippen molar-refractivity contribution in [3.8, 4) is 0 Å². The maximum atomic E-state index is 9.99. The normalized spacial score (nSPS) is 15.4. The molecule has 0 aliphatic heterocycles. The van der Waals surface area contributed by atoms with E-state index in [0.717, 1.165) is 12.4 Å². The molecule has 0 amide bonds. The molecule has 0 aliphatic carbocycles. The van der Waals surface area contributed by atoms with Crippen molar-refractivity contribution < 1.29 is 5.11 Å². The van der Waals surface area contributed by atoms with Crippen LogP contribution in [0.1, 0.15) is 19.7 Å². The van der Waals surface area contributed by atoms with Gasteiger partial charge in [-0.1, -0.05) is 0 Å². The van der Waals surface area contributed by atoms with Crippen LogP contribution in [0.3, 0.4) is 0 Å². The first-order valence-corrected chi connectivity index (χ1v) is 4.96. The molecule has 4 heteroatoms. The predicted octanol–water partition coefficient (Wildman–Crippen LogP) is 0.416. The molecule has 0 radical (unpaired) electrons. The number of aromatic nitrogens is 2. The van der Waals surface area contributed by atoms with Gasteiger partial charge < -0.3 is 15.0 Å². The molecule has 0 spiro atoms. The third-order valence-corrected chi connectivity index (χ3v) is 2.24. The van der Waals surface area contributed by atoms with Gasteiger partial charge in [-0.3, -0.25) is 0 Å². The Morgan fingerprint density at radius 1 is 1.64 bits per heavy atom. The summed E-state index contributed by atoms with van der Waals surface area (Å²) in [4.78, 5) is 4.23. The van der Waals surface area contributed by atoms with Crippen LogP contribution in [0.25, 0.3) is 0 Å². The van der Waals surface area contributed by atoms with Crippen molar-refractivity contribution in [3.05, 3.63) is 18.2 Å². The number of nitrogens with one attached hydrogen (secondary N) is 1. The van der Waals surface area contributed by atoms with Crippen molar-refractivity contribution in [1.82, 2.24) is 14.9 Å². The standard InChI is InChI=1S/C10H19N3O/c1-4-13-6-5-12-9(13)7-10(2,14)8-11-3/h5-6,11,14H,4,7-8H2,1-3H3. The van der Waals surface area contributed by atoms with Crippen LogP contribution >= 0.6 is 0 Å². The van der Waals surface area contributed by atoms with Gasteiger partial charge in [0.05, 0.1) is 5.60 Å². The third kappa shape index (κ3) is 2.82. The van der Waals surface area contributed by atoms with Gasteiger partial charge in [0.15, 0.2) is 0 Å². The zero-order valence-corrected chi connectivity index (χ0v) is 9.12. The fraction of sp³-hybridized carbons (Fsp3) is 0.700. The topological polar surface area (TPSA) is 50.1 Å². The second-order valence-electron chi connectivity index (χ2n) is 3.83. The Labute approximate surface area is 85.0 Å². The van der Waals surface area contributed by atoms with Crippen molar-refractivity contribution in [3.63, 3.8) is 0 Å². The van der Waals surface area contributed by atoms with Gasteiger partial charge in [-0.05, 0) is 20.9 Å². The molecular weight excluding hydrogens is 178 g/mol. The first kappa shape index (κ1) is 11.2. The molecule has 0 aliphatic rings. The number of aliphatic hydroxyl groups is 1. The average molecular weight is 197 g/mol. The van der Waals surface area contributed by atoms with Gasteiger partial charge >= 0.3 is 0 Å². The van der Waals surface area contributed by atoms with Crippen molar-refractivity contribution in [2.75, 3.05) is 13.6 Å². The van der Waals surface area contributed by atoms with Crippen LogP contribution in [-0.2, 0) is 13.0 Å². The maximum absolute atomic E-state index is 9.99. The molecule has 0 saturated heterocycles. The first-order valence-electron chi connectivity index (χ1n) is 4.96. The molecule has 1 rings (SSSR count). The average Bonchev–Trinajstić information content (AvgIpc) is 2.50. The zero-order valence-electron chi connectivity index (χ0n) is 9.12. The quantitative estimate of drug-likeness (QED) is 0.719. The number of aryl methyl sites for hydroxylation is 1. The van der Waals surface area contributed by atoms with E-state index >= 15 is 0 Å². The smallest absolute Gasteiger partial charge is 0.111 e. The molecule has 1 atom stereocenters. The molecule has 0 bridgehead atoms. The van der Waals surface area contributed by atoms with E-state index in [-0.39, 0.29) is 0 Å². The van der Waals surface area contributed by atoms with Gasteiger partial charge in [0, 0.05) is 31.9 Å². The molecule has 0 saturated carbocycles. The molecular formula is C10H19N3O. The molecule has 2 N–H and O–H groups in total. The summed E-state index contributed by atoms with van der Waals surface area (Å²) in [5.41, 5.74) is -0.729. The van der Waals surface area contributed by atoms with Crippen molar-refractivity contribution in [1.29, 1.82) is 0 Å². The second kappa shape index (κ2) is 4.57. The molecule has 0 fully saturated rings. The number of imidazole rings is 1. The highest BCUT2D eigenvalue weighted by atomic mass is 16.3. The Bertz CT molecular complexity index is 281. The van der Waals surface area contributed by atoms with E-state index in [1.54, 1.807) is 6.20 Å². The minimum Gasteiger partial charge on any atom is -0.388 e. The lowest BCUT2D eigenvalue weighted by atomic mass is 10.0. The van der Waals surface area contributed by atoms with E-state index < -0.39 is 5.60 Å². The number of hydrogen-bond acceptors (Lipinski definition) is 3. The lowest BCUT2D eigenvalue weighted by Gasteiger charge is -2.22. The summed E-state index contributed by atoms with van der Waals surface area (Å²) in [5.74, 6) is 0.938. The Kier molecular flexibility index (Phi) is 3.66. The maximum Gasteiger partial charge on any atom is 0.111 e. The molecule has 4 nitrogen and oxygen atoms in total. The molecule has 14 heavy (non-hydrogen) atoms. The molecule has 80 valence electrons. The Hall–Kier alpha value is -0.870. The van der Waals surface area contributed by atoms with Crippen LogP contribution in [0.5, 0.6) is 0 Å². The van der Waals surface area contributed by atoms with Gasteiger partial charge in [0.25, 0.3) is 0 Å². The number of hydrogen-bond donors (Lipinski definition) is 2. The predicted molar refractivity (Wildman–Crippen MR) is 56.2 cm³/mol. The summed E-state index contributed by atoms with van der Waals surface area (Å²) in [6.45, 7) is 5.35. The fourth-order valence-corrected chi connectivity index (χ4v) is 1.58. The van der Waals surface area contributed by atoms with Gasteiger partial charge in [-0.25, -0.2) is 4.98 Å². The van der Waals surface area contributed by atoms with Crippen LogP contribution in [0, 0.1) is 0 Å². The minimum atomic E-state index is -0.729. The Morgan fingerprint density at radius 3 is 2.93 bits per heavy atom. The second-order valence-corrected chi connectivity index (χ2v) is 3.83. The highest BCUT2D eigenvalue weighted by Gasteiger charge is 2.22. The SMILES string of the molecule is CCn1ccnc1CC(C)(O)CNC. The highest BCUT2D eigenvalue weighted by molar-refractivity contribution is 4.98. The lowest BCUT2D eigenvalue weighted by molar-refractivity contribution is 0.0593. The van der Waals surface area contributed by atoms with E-state index in [1.165, 1.54) is 0 Å². The largest absolute Gasteiger partial charge is 0.388 e. The number of likely N-dealkylation sites (N-methyl/N-ethyl adjacent to an activating group) is 1. The van der Waals surface area contributed by atoms with E-state index in [2.05, 4.69) is 17.2 Å². The summed E-state index contributed by atoms with van der Waals surface area (Å²) in [6.07, 6.45) is 4.29. The number of rotatable bonds is 5. The third-order valence-electron chi connectivity index (χ3n) is 2.24. The van der Waals surface area contributed by atoms with Crippen molar-refractivity contribution in [2.45, 2.75) is 32.4 Å². The summed E-state index contributed by atoms with van der Waals surface area (Å²) in [5, 5.41) is 13.0. The fourth-order valence-electron chi connectivity index (χ4n) is 1.58. The molecule has 1 heterocycles. The molecule has 0 aromatic carbocycles. The van der Waals surface area contributed by atoms with E-state index in [9.17, 15) is 5.11 Å². The number of nitrogens with zero attached hydrogens (tertiary/aromatic N) is 2. The Morgan fingerprint density at radius 2 is 2.36 bits per heavy atom. The van der Waals surface area contributed by atoms with Crippen LogP contribution in [-0.4, -0.2) is 33.9 Å². The Balaban J connectivity index is 2.67. The van der Waals surface area contributed by atoms with Gasteiger partial charge in [0.2, 0.25) is 0 Å². The zero-order chi connectivity index (χ0) is 10.6. The minimum absolute atomic E-state index is 0.573. The summed E-state index contributed by atoms with van der Waals surface area (Å²) in [7, 11) is 1.83. The highest BCUT2D eigenvalue weighted by Crippen LogP contribution is 2.10. The summed E-state index contributed by atoms with van der Waals surface area (Å²) < 4.78 is 2.05. The van der Waals surface area contributed by atoms with E-state index in [1.807, 2.05) is 24.7 Å². The molecule has 1 aromatic rings. The van der Waals surface area contributed by atoms with E-state index in [4.69, 9.17) is 0 Å². The first-order chi connectivity index (χ1) is 6.59.